The van der Waals surface area contributed by atoms with Crippen LogP contribution < -0.4 is 5.50 Å². The standard InChI is InChI=1S/CH6NOP/c1-3-4-2/h4H,2H2,1H3/p+1. The van der Waals surface area contributed by atoms with E-state index in [-0.39, 0.29) is 8.96 Å². The molecule has 0 aromatic heterocycles. The van der Waals surface area contributed by atoms with Crippen molar-refractivity contribution in [3.05, 3.63) is 0 Å². The summed E-state index contributed by atoms with van der Waals surface area (Å²) in [5.74, 6) is 0. The summed E-state index contributed by atoms with van der Waals surface area (Å²) >= 11 is 0. The maximum atomic E-state index is 4.89. The van der Waals surface area contributed by atoms with Gasteiger partial charge < -0.3 is 0 Å². The predicted molar refractivity (Wildman–Crippen MR) is 20.9 cm³/mol. The predicted octanol–water partition coefficient (Wildman–Crippen LogP) is -0.168. The maximum Gasteiger partial charge on any atom is 0.184 e. The Labute approximate surface area is 27.3 Å². The molecule has 0 bridgehead atoms. The second kappa shape index (κ2) is 3.35. The van der Waals surface area contributed by atoms with Crippen LogP contribution in [0.25, 0.3) is 0 Å². The number of nitrogens with two attached hydrogens (primary N) is 1. The smallest absolute Gasteiger partial charge is 0.184 e. The highest BCUT2D eigenvalue weighted by Crippen LogP contribution is 1.89. The Morgan fingerprint density at radius 3 is 2.25 bits per heavy atom. The Bertz CT molecular complexity index is 10.0. The summed E-state index contributed by atoms with van der Waals surface area (Å²) in [6.45, 7) is 0. The topological polar surface area (TPSA) is 35.2 Å². The van der Waals surface area contributed by atoms with Crippen molar-refractivity contribution in [1.29, 1.82) is 0 Å². The van der Waals surface area contributed by atoms with Gasteiger partial charge in [0.05, 0.1) is 7.11 Å². The molecule has 0 saturated carbocycles. The zero-order chi connectivity index (χ0) is 3.41. The van der Waals surface area contributed by atoms with Crippen LogP contribution >= 0.6 is 8.96 Å². The van der Waals surface area contributed by atoms with E-state index in [1.165, 1.54) is 0 Å². The van der Waals surface area contributed by atoms with Crippen molar-refractivity contribution in [2.24, 2.45) is 5.50 Å². The first-order valence-electron chi connectivity index (χ1n) is 0.977. The van der Waals surface area contributed by atoms with E-state index in [4.69, 9.17) is 5.50 Å². The fraction of sp³-hybridized carbons (Fsp3) is 1.00. The van der Waals surface area contributed by atoms with Gasteiger partial charge in [-0.15, -0.1) is 0 Å². The van der Waals surface area contributed by atoms with Crippen LogP contribution in [0.4, 0.5) is 0 Å². The third-order valence-electron chi connectivity index (χ3n) is 0.136. The molecule has 26 valence electrons. The molecule has 1 unspecified atom stereocenters. The molecule has 0 aliphatic carbocycles. The van der Waals surface area contributed by atoms with E-state index in [9.17, 15) is 0 Å². The molecule has 0 amide bonds. The normalized spacial score (nSPS) is 10.5. The Balaban J connectivity index is 1.97. The molecule has 0 fully saturated rings. The lowest BCUT2D eigenvalue weighted by atomic mass is 11.8. The fourth-order valence-electron chi connectivity index (χ4n) is 0. The third-order valence-corrected chi connectivity index (χ3v) is 0.408. The Morgan fingerprint density at radius 2 is 2.25 bits per heavy atom. The van der Waals surface area contributed by atoms with Gasteiger partial charge >= 0.3 is 0 Å². The quantitative estimate of drug-likeness (QED) is 0.444. The largest absolute Gasteiger partial charge is 0.228 e. The van der Waals surface area contributed by atoms with Crippen molar-refractivity contribution in [1.82, 2.24) is 0 Å². The van der Waals surface area contributed by atoms with Crippen LogP contribution in [-0.2, 0) is 4.52 Å². The molecule has 0 aliphatic rings. The van der Waals surface area contributed by atoms with Crippen molar-refractivity contribution in [3.8, 4) is 0 Å². The zero-order valence-electron chi connectivity index (χ0n) is 2.56. The summed E-state index contributed by atoms with van der Waals surface area (Å²) in [7, 11) is 1.37. The highest BCUT2D eigenvalue weighted by molar-refractivity contribution is 7.29. The summed E-state index contributed by atoms with van der Waals surface area (Å²) in [6.07, 6.45) is 0. The van der Waals surface area contributed by atoms with E-state index >= 15 is 0 Å². The molecular weight excluding hydrogens is 73.0 g/mol. The molecule has 2 nitrogen and oxygen atoms in total. The number of hydrogen-bond acceptors (Lipinski definition) is 2. The average Bonchev–Trinajstić information content (AvgIpc) is 1.37. The van der Waals surface area contributed by atoms with Crippen LogP contribution in [-0.4, -0.2) is 7.11 Å². The van der Waals surface area contributed by atoms with Gasteiger partial charge in [0, 0.05) is 0 Å². The van der Waals surface area contributed by atoms with Crippen LogP contribution in [0.2, 0.25) is 0 Å². The summed E-state index contributed by atoms with van der Waals surface area (Å²) in [4.78, 5) is 0. The molecule has 4 heavy (non-hydrogen) atoms. The van der Waals surface area contributed by atoms with E-state index in [0.29, 0.717) is 0 Å². The van der Waals surface area contributed by atoms with Gasteiger partial charge in [-0.2, -0.15) is 5.50 Å². The summed E-state index contributed by atoms with van der Waals surface area (Å²) in [6, 6.07) is 0. The van der Waals surface area contributed by atoms with Crippen molar-refractivity contribution < 1.29 is 4.52 Å². The summed E-state index contributed by atoms with van der Waals surface area (Å²) < 4.78 is 4.40. The second-order valence-corrected chi connectivity index (χ2v) is 1.12. The molecule has 0 aromatic rings. The first-order valence-corrected chi connectivity index (χ1v) is 2.12. The molecule has 0 aliphatic heterocycles. The molecule has 3 heteroatoms. The molecule has 0 saturated heterocycles. The van der Waals surface area contributed by atoms with Gasteiger partial charge in [0.2, 0.25) is 0 Å². The lowest BCUT2D eigenvalue weighted by molar-refractivity contribution is 0.476. The second-order valence-electron chi connectivity index (χ2n) is 0.372. The van der Waals surface area contributed by atoms with E-state index in [1.807, 2.05) is 0 Å². The third kappa shape index (κ3) is 2.35. The Kier molecular flexibility index (Phi) is 3.64. The first-order chi connectivity index (χ1) is 1.91. The van der Waals surface area contributed by atoms with E-state index < -0.39 is 0 Å². The van der Waals surface area contributed by atoms with E-state index in [1.54, 1.807) is 7.11 Å². The van der Waals surface area contributed by atoms with Gasteiger partial charge in [0.15, 0.2) is 8.96 Å². The molecule has 2 N–H and O–H groups in total. The molecule has 0 aromatic carbocycles. The van der Waals surface area contributed by atoms with Gasteiger partial charge in [0.1, 0.15) is 0 Å². The van der Waals surface area contributed by atoms with E-state index in [0.717, 1.165) is 0 Å². The van der Waals surface area contributed by atoms with Crippen LogP contribution in [0, 0.1) is 0 Å². The van der Waals surface area contributed by atoms with Crippen LogP contribution in [0.5, 0.6) is 0 Å². The monoisotopic (exact) mass is 80.0 g/mol. The van der Waals surface area contributed by atoms with Gasteiger partial charge in [-0.25, -0.2) is 4.52 Å². The highest BCUT2D eigenvalue weighted by Gasteiger charge is 1.60. The van der Waals surface area contributed by atoms with Crippen molar-refractivity contribution in [3.63, 3.8) is 0 Å². The average molecular weight is 80.0 g/mol. The lowest BCUT2D eigenvalue weighted by Crippen LogP contribution is -1.69. The molecule has 0 rings (SSSR count). The molecular formula is CH7NOP+. The van der Waals surface area contributed by atoms with Crippen LogP contribution in [0.1, 0.15) is 0 Å². The minimum Gasteiger partial charge on any atom is -0.228 e. The summed E-state index contributed by atoms with van der Waals surface area (Å²) in [5, 5.41) is 0. The first kappa shape index (κ1) is 4.35. The van der Waals surface area contributed by atoms with Crippen molar-refractivity contribution >= 4 is 8.96 Å². The minimum atomic E-state index is -0.218. The van der Waals surface area contributed by atoms with Gasteiger partial charge in [0.25, 0.3) is 0 Å². The highest BCUT2D eigenvalue weighted by atomic mass is 31.1. The molecule has 0 spiro atoms. The van der Waals surface area contributed by atoms with Crippen LogP contribution in [0.15, 0.2) is 0 Å². The van der Waals surface area contributed by atoms with Gasteiger partial charge in [-0.05, 0) is 0 Å². The van der Waals surface area contributed by atoms with Crippen molar-refractivity contribution in [2.75, 3.05) is 7.11 Å². The maximum absolute atomic E-state index is 4.89. The minimum absolute atomic E-state index is 0.218. The van der Waals surface area contributed by atoms with Crippen LogP contribution in [0.3, 0.4) is 0 Å². The van der Waals surface area contributed by atoms with Gasteiger partial charge in [-0.3, -0.25) is 0 Å². The van der Waals surface area contributed by atoms with Crippen molar-refractivity contribution in [2.45, 2.75) is 0 Å². The zero-order valence-corrected chi connectivity index (χ0v) is 3.72. The number of hydrogen-bond donors (Lipinski definition) is 1. The lowest BCUT2D eigenvalue weighted by Gasteiger charge is -1.66. The Hall–Kier alpha value is 0.350. The number of rotatable bonds is 1. The molecule has 1 atom stereocenters. The van der Waals surface area contributed by atoms with E-state index in [2.05, 4.69) is 4.52 Å². The summed E-state index contributed by atoms with van der Waals surface area (Å²) in [5.41, 5.74) is 4.89. The molecule has 0 radical (unpaired) electrons. The SMILES string of the molecule is CO[PH2+]N. The molecule has 0 heterocycles. The Morgan fingerprint density at radius 1 is 2.00 bits per heavy atom. The fourth-order valence-corrected chi connectivity index (χ4v) is 0. The van der Waals surface area contributed by atoms with Gasteiger partial charge in [-0.1, -0.05) is 0 Å².